The smallest absolute Gasteiger partial charge is 0.252 e. The summed E-state index contributed by atoms with van der Waals surface area (Å²) in [6, 6.07) is 39.5. The average Bonchev–Trinajstić information content (AvgIpc) is 3.56. The summed E-state index contributed by atoms with van der Waals surface area (Å²) in [6.45, 7) is 28.3. The first-order chi connectivity index (χ1) is 27.2. The minimum atomic E-state index is 0.0206. The van der Waals surface area contributed by atoms with Crippen molar-refractivity contribution in [3.05, 3.63) is 125 Å². The monoisotopic (exact) mass is 765 g/mol. The molecule has 2 heterocycles. The van der Waals surface area contributed by atoms with Crippen LogP contribution in [0.1, 0.15) is 143 Å². The van der Waals surface area contributed by atoms with Gasteiger partial charge in [-0.25, -0.2) is 0 Å². The van der Waals surface area contributed by atoms with Crippen molar-refractivity contribution in [3.63, 3.8) is 0 Å². The molecule has 2 atom stereocenters. The summed E-state index contributed by atoms with van der Waals surface area (Å²) < 4.78 is 0. The molecule has 0 N–H and O–H groups in total. The van der Waals surface area contributed by atoms with Crippen LogP contribution in [0.5, 0.6) is 0 Å². The van der Waals surface area contributed by atoms with Gasteiger partial charge >= 0.3 is 0 Å². The first-order valence-corrected chi connectivity index (χ1v) is 22.5. The quantitative estimate of drug-likeness (QED) is 0.165. The molecule has 0 saturated heterocycles. The molecule has 4 saturated carbocycles. The van der Waals surface area contributed by atoms with Crippen LogP contribution in [0.25, 0.3) is 0 Å². The van der Waals surface area contributed by atoms with E-state index in [4.69, 9.17) is 0 Å². The Balaban J connectivity index is 1.31. The molecule has 2 nitrogen and oxygen atoms in total. The summed E-state index contributed by atoms with van der Waals surface area (Å²) in [4.78, 5) is 5.34. The fourth-order valence-electron chi connectivity index (χ4n) is 12.3. The molecule has 6 aliphatic rings. The molecule has 4 fully saturated rings. The van der Waals surface area contributed by atoms with E-state index in [2.05, 4.69) is 190 Å². The highest BCUT2D eigenvalue weighted by Gasteiger charge is 2.59. The zero-order chi connectivity index (χ0) is 40.9. The Bertz CT molecular complexity index is 2280. The molecule has 4 aliphatic carbocycles. The average molecular weight is 765 g/mol. The predicted molar refractivity (Wildman–Crippen MR) is 250 cm³/mol. The van der Waals surface area contributed by atoms with Gasteiger partial charge in [-0.2, -0.15) is 0 Å². The number of hydrogen-bond acceptors (Lipinski definition) is 2. The summed E-state index contributed by atoms with van der Waals surface area (Å²) in [7, 11) is 0. The molecule has 0 aromatic heterocycles. The summed E-state index contributed by atoms with van der Waals surface area (Å²) in [5.41, 5.74) is 19.8. The first kappa shape index (κ1) is 38.0. The van der Waals surface area contributed by atoms with Crippen LogP contribution in [-0.2, 0) is 27.1 Å². The highest BCUT2D eigenvalue weighted by Crippen LogP contribution is 2.66. The minimum Gasteiger partial charge on any atom is -0.311 e. The van der Waals surface area contributed by atoms with Gasteiger partial charge in [0.15, 0.2) is 0 Å². The van der Waals surface area contributed by atoms with Crippen LogP contribution >= 0.6 is 0 Å². The van der Waals surface area contributed by atoms with E-state index in [0.717, 1.165) is 17.8 Å². The predicted octanol–water partition coefficient (Wildman–Crippen LogP) is 13.0. The molecule has 2 aliphatic heterocycles. The van der Waals surface area contributed by atoms with Gasteiger partial charge in [0.05, 0.1) is 0 Å². The Hall–Kier alpha value is -4.24. The normalized spacial score (nSPS) is 23.3. The Kier molecular flexibility index (Phi) is 8.13. The molecule has 0 spiro atoms. The van der Waals surface area contributed by atoms with Gasteiger partial charge in [-0.05, 0) is 170 Å². The fraction of sp³-hybridized carbons (Fsp3) is 0.455. The molecule has 0 radical (unpaired) electrons. The Morgan fingerprint density at radius 1 is 0.448 bits per heavy atom. The van der Waals surface area contributed by atoms with Crippen molar-refractivity contribution in [2.45, 2.75) is 142 Å². The molecular weight excluding hydrogens is 699 g/mol. The van der Waals surface area contributed by atoms with E-state index in [9.17, 15) is 0 Å². The fourth-order valence-corrected chi connectivity index (χ4v) is 12.3. The number of rotatable bonds is 3. The Morgan fingerprint density at radius 2 is 0.828 bits per heavy atom. The van der Waals surface area contributed by atoms with Crippen LogP contribution < -0.4 is 26.2 Å². The van der Waals surface area contributed by atoms with E-state index in [1.807, 2.05) is 0 Å². The molecule has 11 rings (SSSR count). The van der Waals surface area contributed by atoms with Crippen LogP contribution in [0, 0.1) is 17.8 Å². The summed E-state index contributed by atoms with van der Waals surface area (Å²) >= 11 is 0. The molecule has 0 amide bonds. The van der Waals surface area contributed by atoms with E-state index in [1.165, 1.54) is 105 Å². The van der Waals surface area contributed by atoms with Crippen molar-refractivity contribution in [2.24, 2.45) is 17.8 Å². The number of nitrogens with zero attached hydrogens (tertiary/aromatic N) is 2. The topological polar surface area (TPSA) is 6.48 Å². The number of hydrogen-bond donors (Lipinski definition) is 0. The van der Waals surface area contributed by atoms with E-state index in [-0.39, 0.29) is 33.8 Å². The van der Waals surface area contributed by atoms with Gasteiger partial charge in [0.1, 0.15) is 0 Å². The molecule has 58 heavy (non-hydrogen) atoms. The van der Waals surface area contributed by atoms with Crippen molar-refractivity contribution >= 4 is 57.2 Å². The number of fused-ring (bicyclic) bond motifs is 4. The van der Waals surface area contributed by atoms with Crippen LogP contribution in [0.2, 0.25) is 0 Å². The van der Waals surface area contributed by atoms with Crippen LogP contribution in [0.15, 0.2) is 97.1 Å². The molecule has 4 bridgehead atoms. The molecule has 2 unspecified atom stereocenters. The maximum atomic E-state index is 2.71. The largest absolute Gasteiger partial charge is 0.311 e. The Labute approximate surface area is 350 Å². The lowest BCUT2D eigenvalue weighted by molar-refractivity contribution is 0.266. The number of benzene rings is 5. The summed E-state index contributed by atoms with van der Waals surface area (Å²) in [6.07, 6.45) is 6.99. The van der Waals surface area contributed by atoms with Gasteiger partial charge in [0.2, 0.25) is 0 Å². The molecule has 3 heteroatoms. The Morgan fingerprint density at radius 3 is 1.21 bits per heavy atom. The van der Waals surface area contributed by atoms with Crippen molar-refractivity contribution in [1.82, 2.24) is 0 Å². The second-order valence-electron chi connectivity index (χ2n) is 23.4. The van der Waals surface area contributed by atoms with E-state index >= 15 is 0 Å². The zero-order valence-corrected chi connectivity index (χ0v) is 37.5. The standard InChI is InChI=1S/C55H65BN2/c1-51(2,3)36-13-19-42(20-14-36)57-46-23-17-38(53(7,8)9)28-44(46)56-45-29-39(54(10,11)12)18-24-47(45)58(43-21-15-37(16-22-43)52(4,5)6)49-31-41(30-48(57)50(49)56)55-32-34-25-35(33-55)27-40(55)26-34/h13-24,28-31,34-35,40H,25-27,32-33H2,1-12H3. The van der Waals surface area contributed by atoms with Gasteiger partial charge in [-0.15, -0.1) is 0 Å². The summed E-state index contributed by atoms with van der Waals surface area (Å²) in [5.74, 6) is 2.56. The third kappa shape index (κ3) is 5.79. The lowest BCUT2D eigenvalue weighted by Gasteiger charge is -2.46. The molecule has 5 aromatic rings. The minimum absolute atomic E-state index is 0.0206. The van der Waals surface area contributed by atoms with Crippen LogP contribution in [0.4, 0.5) is 34.1 Å². The third-order valence-corrected chi connectivity index (χ3v) is 15.3. The van der Waals surface area contributed by atoms with Crippen molar-refractivity contribution < 1.29 is 0 Å². The van der Waals surface area contributed by atoms with Gasteiger partial charge in [0, 0.05) is 34.1 Å². The molecule has 298 valence electrons. The summed E-state index contributed by atoms with van der Waals surface area (Å²) in [5, 5.41) is 0. The number of anilines is 6. The first-order valence-electron chi connectivity index (χ1n) is 22.5. The second kappa shape index (κ2) is 12.4. The van der Waals surface area contributed by atoms with Gasteiger partial charge in [-0.3, -0.25) is 0 Å². The highest BCUT2D eigenvalue weighted by atomic mass is 15.2. The van der Waals surface area contributed by atoms with E-state index in [0.29, 0.717) is 0 Å². The molecular formula is C55H65BN2. The lowest BCUT2D eigenvalue weighted by atomic mass is 9.33. The van der Waals surface area contributed by atoms with Crippen molar-refractivity contribution in [2.75, 3.05) is 9.80 Å². The van der Waals surface area contributed by atoms with Crippen molar-refractivity contribution in [3.8, 4) is 0 Å². The highest BCUT2D eigenvalue weighted by molar-refractivity contribution is 7.00. The maximum Gasteiger partial charge on any atom is 0.252 e. The lowest BCUT2D eigenvalue weighted by Crippen LogP contribution is -2.62. The SMILES string of the molecule is CC(C)(C)c1ccc(N2c3ccc(C(C)(C)C)cc3B3c4cc(C(C)(C)C)ccc4N(c4ccc(C(C)(C)C)cc4)c4cc(C56CC7CC(CC5C7)C6)cc2c43)cc1. The van der Waals surface area contributed by atoms with Crippen LogP contribution in [-0.4, -0.2) is 6.71 Å². The van der Waals surface area contributed by atoms with Gasteiger partial charge in [0.25, 0.3) is 6.71 Å². The van der Waals surface area contributed by atoms with Gasteiger partial charge < -0.3 is 9.80 Å². The van der Waals surface area contributed by atoms with E-state index < -0.39 is 0 Å². The molecule has 5 aromatic carbocycles. The van der Waals surface area contributed by atoms with Crippen molar-refractivity contribution in [1.29, 1.82) is 0 Å². The van der Waals surface area contributed by atoms with Gasteiger partial charge in [-0.1, -0.05) is 132 Å². The third-order valence-electron chi connectivity index (χ3n) is 15.3. The zero-order valence-electron chi connectivity index (χ0n) is 37.5. The maximum absolute atomic E-state index is 2.71. The second-order valence-corrected chi connectivity index (χ2v) is 23.4. The van der Waals surface area contributed by atoms with Crippen LogP contribution in [0.3, 0.4) is 0 Å². The van der Waals surface area contributed by atoms with E-state index in [1.54, 1.807) is 5.56 Å².